The van der Waals surface area contributed by atoms with Gasteiger partial charge in [0.2, 0.25) is 0 Å². The van der Waals surface area contributed by atoms with Crippen LogP contribution in [0.5, 0.6) is 0 Å². The summed E-state index contributed by atoms with van der Waals surface area (Å²) in [4.78, 5) is 17.5. The molecule has 0 spiro atoms. The van der Waals surface area contributed by atoms with E-state index in [4.69, 9.17) is 5.84 Å². The maximum Gasteiger partial charge on any atom is 0.327 e. The van der Waals surface area contributed by atoms with Gasteiger partial charge in [0.15, 0.2) is 0 Å². The molecule has 0 aromatic rings. The van der Waals surface area contributed by atoms with Crippen LogP contribution in [0.1, 0.15) is 19.8 Å². The minimum Gasteiger partial charge on any atom is -0.393 e. The van der Waals surface area contributed by atoms with Crippen LogP contribution in [0.4, 0.5) is 0 Å². The van der Waals surface area contributed by atoms with Crippen molar-refractivity contribution in [3.05, 3.63) is 0 Å². The van der Waals surface area contributed by atoms with E-state index in [0.717, 1.165) is 19.5 Å². The Bertz CT molecular complexity index is 211. The lowest BCUT2D eigenvalue weighted by atomic mass is 10.0. The molecule has 6 nitrogen and oxygen atoms in total. The van der Waals surface area contributed by atoms with Crippen molar-refractivity contribution < 1.29 is 14.7 Å². The highest BCUT2D eigenvalue weighted by Crippen LogP contribution is 2.19. The van der Waals surface area contributed by atoms with E-state index < -0.39 is 0 Å². The molecule has 2 atom stereocenters. The van der Waals surface area contributed by atoms with E-state index in [-0.39, 0.29) is 12.1 Å². The van der Waals surface area contributed by atoms with Gasteiger partial charge in [-0.3, -0.25) is 4.79 Å². The maximum atomic E-state index is 11.0. The first-order valence-electron chi connectivity index (χ1n) is 5.19. The van der Waals surface area contributed by atoms with Crippen LogP contribution in [0.15, 0.2) is 0 Å². The highest BCUT2D eigenvalue weighted by Gasteiger charge is 2.25. The molecule has 2 unspecified atom stereocenters. The van der Waals surface area contributed by atoms with Crippen molar-refractivity contribution in [1.29, 1.82) is 0 Å². The van der Waals surface area contributed by atoms with E-state index in [1.165, 1.54) is 0 Å². The molecule has 0 amide bonds. The molecule has 1 aliphatic heterocycles. The summed E-state index contributed by atoms with van der Waals surface area (Å²) >= 11 is 0. The molecule has 1 fully saturated rings. The van der Waals surface area contributed by atoms with Gasteiger partial charge >= 0.3 is 5.97 Å². The van der Waals surface area contributed by atoms with Crippen LogP contribution in [-0.4, -0.2) is 41.7 Å². The Morgan fingerprint density at radius 1 is 1.80 bits per heavy atom. The molecule has 0 aliphatic carbocycles. The monoisotopic (exact) mass is 217 g/mol. The number of aliphatic hydroxyl groups is 1. The van der Waals surface area contributed by atoms with Crippen molar-refractivity contribution in [2.45, 2.75) is 25.9 Å². The molecular formula is C9H19N3O3. The van der Waals surface area contributed by atoms with E-state index in [9.17, 15) is 9.90 Å². The van der Waals surface area contributed by atoms with Gasteiger partial charge in [0.1, 0.15) is 0 Å². The largest absolute Gasteiger partial charge is 0.393 e. The quantitative estimate of drug-likeness (QED) is 0.404. The van der Waals surface area contributed by atoms with Crippen molar-refractivity contribution in [3.63, 3.8) is 0 Å². The number of aliphatic hydroxyl groups excluding tert-OH is 1. The number of hydrogen-bond donors (Lipinski definition) is 3. The molecule has 1 heterocycles. The summed E-state index contributed by atoms with van der Waals surface area (Å²) in [6.07, 6.45) is 1.03. The van der Waals surface area contributed by atoms with E-state index in [1.807, 2.05) is 5.59 Å². The van der Waals surface area contributed by atoms with Crippen molar-refractivity contribution >= 4 is 5.97 Å². The third kappa shape index (κ3) is 4.13. The summed E-state index contributed by atoms with van der Waals surface area (Å²) in [5, 5.41) is 9.39. The van der Waals surface area contributed by atoms with Gasteiger partial charge in [0.25, 0.3) is 0 Å². The third-order valence-electron chi connectivity index (χ3n) is 2.80. The highest BCUT2D eigenvalue weighted by molar-refractivity contribution is 5.69. The first-order valence-corrected chi connectivity index (χ1v) is 5.19. The topological polar surface area (TPSA) is 87.8 Å². The summed E-state index contributed by atoms with van der Waals surface area (Å²) in [7, 11) is 0. The number of hydrazine groups is 1. The summed E-state index contributed by atoms with van der Waals surface area (Å²) in [5.41, 5.74) is 1.86. The second-order valence-corrected chi connectivity index (χ2v) is 3.93. The zero-order valence-electron chi connectivity index (χ0n) is 8.98. The molecule has 15 heavy (non-hydrogen) atoms. The summed E-state index contributed by atoms with van der Waals surface area (Å²) in [5.74, 6) is 4.80. The molecule has 0 aromatic heterocycles. The van der Waals surface area contributed by atoms with Crippen LogP contribution >= 0.6 is 0 Å². The average Bonchev–Trinajstić information content (AvgIpc) is 2.63. The average molecular weight is 217 g/mol. The lowest BCUT2D eigenvalue weighted by molar-refractivity contribution is -0.151. The zero-order valence-corrected chi connectivity index (χ0v) is 8.98. The number of nitrogens with zero attached hydrogens (tertiary/aromatic N) is 1. The maximum absolute atomic E-state index is 11.0. The zero-order chi connectivity index (χ0) is 11.3. The predicted molar refractivity (Wildman–Crippen MR) is 54.3 cm³/mol. The van der Waals surface area contributed by atoms with Gasteiger partial charge in [-0.25, -0.2) is 5.84 Å². The Kier molecular flexibility index (Phi) is 4.97. The van der Waals surface area contributed by atoms with Gasteiger partial charge in [-0.1, -0.05) is 5.59 Å². The molecule has 1 aliphatic rings. The Morgan fingerprint density at radius 3 is 3.07 bits per heavy atom. The lowest BCUT2D eigenvalue weighted by Gasteiger charge is -2.16. The Morgan fingerprint density at radius 2 is 2.53 bits per heavy atom. The third-order valence-corrected chi connectivity index (χ3v) is 2.80. The highest BCUT2D eigenvalue weighted by atomic mass is 16.7. The van der Waals surface area contributed by atoms with Crippen LogP contribution in [0, 0.1) is 5.92 Å². The first-order chi connectivity index (χ1) is 7.13. The van der Waals surface area contributed by atoms with E-state index >= 15 is 0 Å². The molecule has 0 radical (unpaired) electrons. The lowest BCUT2D eigenvalue weighted by Crippen LogP contribution is -2.30. The van der Waals surface area contributed by atoms with Crippen molar-refractivity contribution in [2.75, 3.05) is 19.6 Å². The number of hydrogen-bond acceptors (Lipinski definition) is 6. The normalized spacial score (nSPS) is 24.1. The SMILES string of the molecule is CC(O)C1CCN(CCC(=O)ONN)C1. The fourth-order valence-corrected chi connectivity index (χ4v) is 1.83. The molecule has 6 heteroatoms. The van der Waals surface area contributed by atoms with Crippen LogP contribution in [0.2, 0.25) is 0 Å². The standard InChI is InChI=1S/C9H19N3O3/c1-7(13)8-2-4-12(6-8)5-3-9(14)15-11-10/h7-8,11,13H,2-6,10H2,1H3. The van der Waals surface area contributed by atoms with Crippen molar-refractivity contribution in [1.82, 2.24) is 10.5 Å². The van der Waals surface area contributed by atoms with Gasteiger partial charge in [-0.05, 0) is 25.8 Å². The molecular weight excluding hydrogens is 198 g/mol. The molecule has 0 bridgehead atoms. The van der Waals surface area contributed by atoms with E-state index in [2.05, 4.69) is 9.74 Å². The summed E-state index contributed by atoms with van der Waals surface area (Å²) in [6.45, 7) is 4.24. The number of rotatable bonds is 5. The van der Waals surface area contributed by atoms with Gasteiger partial charge in [-0.2, -0.15) is 0 Å². The first kappa shape index (κ1) is 12.4. The molecule has 4 N–H and O–H groups in total. The smallest absolute Gasteiger partial charge is 0.327 e. The fraction of sp³-hybridized carbons (Fsp3) is 0.889. The van der Waals surface area contributed by atoms with Crippen LogP contribution in [-0.2, 0) is 9.63 Å². The second kappa shape index (κ2) is 6.02. The van der Waals surface area contributed by atoms with Crippen molar-refractivity contribution in [2.24, 2.45) is 11.8 Å². The number of nitrogens with two attached hydrogens (primary N) is 1. The van der Waals surface area contributed by atoms with Gasteiger partial charge < -0.3 is 14.8 Å². The number of carbonyl (C=O) groups excluding carboxylic acids is 1. The predicted octanol–water partition coefficient (Wildman–Crippen LogP) is -0.999. The second-order valence-electron chi connectivity index (χ2n) is 3.93. The van der Waals surface area contributed by atoms with Gasteiger partial charge in [0, 0.05) is 13.1 Å². The molecule has 88 valence electrons. The van der Waals surface area contributed by atoms with E-state index in [0.29, 0.717) is 18.9 Å². The summed E-state index contributed by atoms with van der Waals surface area (Å²) in [6, 6.07) is 0. The minimum atomic E-state index is -0.363. The minimum absolute atomic E-state index is 0.271. The number of carbonyl (C=O) groups is 1. The Balaban J connectivity index is 2.16. The van der Waals surface area contributed by atoms with Crippen LogP contribution in [0.3, 0.4) is 0 Å². The number of nitrogens with one attached hydrogen (secondary N) is 1. The van der Waals surface area contributed by atoms with Crippen LogP contribution in [0.25, 0.3) is 0 Å². The number of likely N-dealkylation sites (tertiary alicyclic amines) is 1. The Hall–Kier alpha value is -0.690. The van der Waals surface area contributed by atoms with Crippen LogP contribution < -0.4 is 11.4 Å². The molecule has 0 saturated carbocycles. The molecule has 1 rings (SSSR count). The summed E-state index contributed by atoms with van der Waals surface area (Å²) < 4.78 is 0. The van der Waals surface area contributed by atoms with Gasteiger partial charge in [0.05, 0.1) is 12.5 Å². The Labute approximate surface area is 89.3 Å². The fourth-order valence-electron chi connectivity index (χ4n) is 1.83. The molecule has 0 aromatic carbocycles. The molecule has 1 saturated heterocycles. The van der Waals surface area contributed by atoms with Gasteiger partial charge in [-0.15, -0.1) is 0 Å². The van der Waals surface area contributed by atoms with E-state index in [1.54, 1.807) is 6.92 Å². The van der Waals surface area contributed by atoms with Crippen molar-refractivity contribution in [3.8, 4) is 0 Å².